The van der Waals surface area contributed by atoms with Crippen molar-refractivity contribution < 1.29 is 19.0 Å². The highest BCUT2D eigenvalue weighted by atomic mass is 79.9. The summed E-state index contributed by atoms with van der Waals surface area (Å²) in [6.45, 7) is 2.15. The van der Waals surface area contributed by atoms with E-state index in [1.54, 1.807) is 39.5 Å². The molecule has 0 unspecified atom stereocenters. The molecular weight excluding hydrogens is 400 g/mol. The molecular formula is C19H23BrN2O4. The number of nitrogens with one attached hydrogen (secondary N) is 2. The molecule has 0 aliphatic carbocycles. The van der Waals surface area contributed by atoms with E-state index in [-0.39, 0.29) is 18.5 Å². The van der Waals surface area contributed by atoms with Gasteiger partial charge in [-0.15, -0.1) is 0 Å². The lowest BCUT2D eigenvalue weighted by Gasteiger charge is -2.16. The largest absolute Gasteiger partial charge is 0.497 e. The third-order valence-corrected chi connectivity index (χ3v) is 4.55. The van der Waals surface area contributed by atoms with Crippen LogP contribution in [0.4, 0.5) is 5.69 Å². The number of hydrogen-bond acceptors (Lipinski definition) is 5. The lowest BCUT2D eigenvalue weighted by Crippen LogP contribution is -2.30. The maximum Gasteiger partial charge on any atom is 0.238 e. The van der Waals surface area contributed by atoms with Gasteiger partial charge in [0.2, 0.25) is 5.91 Å². The summed E-state index contributed by atoms with van der Waals surface area (Å²) in [5.41, 5.74) is 1.61. The van der Waals surface area contributed by atoms with Crippen LogP contribution in [-0.4, -0.2) is 33.8 Å². The molecule has 0 saturated heterocycles. The quantitative estimate of drug-likeness (QED) is 0.677. The minimum Gasteiger partial charge on any atom is -0.497 e. The van der Waals surface area contributed by atoms with Gasteiger partial charge < -0.3 is 24.8 Å². The number of amides is 1. The second-order valence-corrected chi connectivity index (χ2v) is 6.47. The van der Waals surface area contributed by atoms with Crippen molar-refractivity contribution in [3.8, 4) is 17.2 Å². The van der Waals surface area contributed by atoms with Gasteiger partial charge in [0, 0.05) is 12.1 Å². The number of ether oxygens (including phenoxy) is 3. The van der Waals surface area contributed by atoms with Gasteiger partial charge >= 0.3 is 0 Å². The van der Waals surface area contributed by atoms with E-state index in [1.165, 1.54) is 0 Å². The molecule has 0 spiro atoms. The molecule has 2 aromatic carbocycles. The van der Waals surface area contributed by atoms with Gasteiger partial charge in [0.1, 0.15) is 17.2 Å². The number of carbonyl (C=O) groups is 1. The van der Waals surface area contributed by atoms with Crippen LogP contribution >= 0.6 is 15.9 Å². The summed E-state index contributed by atoms with van der Waals surface area (Å²) in [6, 6.07) is 11.1. The topological polar surface area (TPSA) is 68.8 Å². The van der Waals surface area contributed by atoms with Crippen LogP contribution in [0.5, 0.6) is 17.2 Å². The second kappa shape index (κ2) is 9.45. The summed E-state index contributed by atoms with van der Waals surface area (Å²) in [6.07, 6.45) is 0. The fourth-order valence-electron chi connectivity index (χ4n) is 2.42. The summed E-state index contributed by atoms with van der Waals surface area (Å²) in [4.78, 5) is 12.3. The van der Waals surface area contributed by atoms with Crippen molar-refractivity contribution in [3.05, 3.63) is 46.4 Å². The normalized spacial score (nSPS) is 11.6. The molecule has 7 heteroatoms. The molecule has 0 saturated carbocycles. The van der Waals surface area contributed by atoms with Crippen LogP contribution in [0.1, 0.15) is 18.5 Å². The Bertz CT molecular complexity index is 767. The number of rotatable bonds is 8. The Morgan fingerprint density at radius 2 is 1.73 bits per heavy atom. The summed E-state index contributed by atoms with van der Waals surface area (Å²) < 4.78 is 16.6. The number of anilines is 1. The number of hydrogen-bond donors (Lipinski definition) is 2. The first kappa shape index (κ1) is 20.1. The number of methoxy groups -OCH3 is 3. The minimum atomic E-state index is -0.170. The molecule has 0 aromatic heterocycles. The first-order valence-electron chi connectivity index (χ1n) is 8.07. The molecule has 26 heavy (non-hydrogen) atoms. The predicted octanol–water partition coefficient (Wildman–Crippen LogP) is 3.76. The lowest BCUT2D eigenvalue weighted by molar-refractivity contribution is -0.115. The van der Waals surface area contributed by atoms with Crippen LogP contribution in [0.15, 0.2) is 40.9 Å². The molecule has 0 aliphatic rings. The van der Waals surface area contributed by atoms with Crippen molar-refractivity contribution in [1.82, 2.24) is 5.32 Å². The van der Waals surface area contributed by atoms with Crippen molar-refractivity contribution in [3.63, 3.8) is 0 Å². The first-order valence-corrected chi connectivity index (χ1v) is 8.86. The highest BCUT2D eigenvalue weighted by Crippen LogP contribution is 2.29. The Balaban J connectivity index is 1.97. The van der Waals surface area contributed by atoms with Gasteiger partial charge in [0.05, 0.1) is 38.0 Å². The van der Waals surface area contributed by atoms with Crippen molar-refractivity contribution in [2.24, 2.45) is 0 Å². The van der Waals surface area contributed by atoms with Crippen LogP contribution in [0, 0.1) is 0 Å². The number of benzene rings is 2. The Morgan fingerprint density at radius 3 is 2.35 bits per heavy atom. The third-order valence-electron chi connectivity index (χ3n) is 3.93. The first-order chi connectivity index (χ1) is 12.5. The summed E-state index contributed by atoms with van der Waals surface area (Å²) in [5, 5.41) is 6.04. The molecule has 1 atom stereocenters. The van der Waals surface area contributed by atoms with E-state index >= 15 is 0 Å². The molecule has 2 rings (SSSR count). The zero-order valence-electron chi connectivity index (χ0n) is 15.3. The van der Waals surface area contributed by atoms with Crippen LogP contribution < -0.4 is 24.8 Å². The average Bonchev–Trinajstić information content (AvgIpc) is 2.65. The zero-order valence-corrected chi connectivity index (χ0v) is 16.8. The summed E-state index contributed by atoms with van der Waals surface area (Å²) in [5.74, 6) is 1.82. The molecule has 0 radical (unpaired) electrons. The van der Waals surface area contributed by atoms with Crippen LogP contribution in [0.25, 0.3) is 0 Å². The number of carbonyl (C=O) groups excluding carboxylic acids is 1. The molecule has 0 fully saturated rings. The lowest BCUT2D eigenvalue weighted by atomic mass is 10.1. The van der Waals surface area contributed by atoms with E-state index in [0.717, 1.165) is 15.8 Å². The van der Waals surface area contributed by atoms with Crippen molar-refractivity contribution in [2.45, 2.75) is 13.0 Å². The van der Waals surface area contributed by atoms with E-state index in [9.17, 15) is 4.79 Å². The molecule has 2 aromatic rings. The minimum absolute atomic E-state index is 0.00448. The monoisotopic (exact) mass is 422 g/mol. The molecule has 0 bridgehead atoms. The standard InChI is InChI=1S/C19H23BrN2O4/c1-12(13-5-7-17(25-3)15(20)9-13)21-11-19(23)22-16-10-14(24-2)6-8-18(16)26-4/h5-10,12,21H,11H2,1-4H3,(H,22,23)/t12-/m1/s1. The molecule has 6 nitrogen and oxygen atoms in total. The fourth-order valence-corrected chi connectivity index (χ4v) is 2.98. The Labute approximate surface area is 162 Å². The SMILES string of the molecule is COc1ccc(OC)c(NC(=O)CN[C@H](C)c2ccc(OC)c(Br)c2)c1. The van der Waals surface area contributed by atoms with Gasteiger partial charge in [0.25, 0.3) is 0 Å². The molecule has 0 aliphatic heterocycles. The van der Waals surface area contributed by atoms with E-state index in [1.807, 2.05) is 25.1 Å². The van der Waals surface area contributed by atoms with Crippen LogP contribution in [0.2, 0.25) is 0 Å². The van der Waals surface area contributed by atoms with Gasteiger partial charge in [-0.3, -0.25) is 4.79 Å². The van der Waals surface area contributed by atoms with Gasteiger partial charge in [-0.1, -0.05) is 6.07 Å². The summed E-state index contributed by atoms with van der Waals surface area (Å²) in [7, 11) is 4.75. The zero-order chi connectivity index (χ0) is 19.1. The average molecular weight is 423 g/mol. The van der Waals surface area contributed by atoms with Crippen LogP contribution in [0.3, 0.4) is 0 Å². The Morgan fingerprint density at radius 1 is 1.04 bits per heavy atom. The highest BCUT2D eigenvalue weighted by molar-refractivity contribution is 9.10. The maximum absolute atomic E-state index is 12.3. The molecule has 140 valence electrons. The molecule has 1 amide bonds. The Hall–Kier alpha value is -2.25. The van der Waals surface area contributed by atoms with Crippen LogP contribution in [-0.2, 0) is 4.79 Å². The van der Waals surface area contributed by atoms with Gasteiger partial charge in [-0.25, -0.2) is 0 Å². The van der Waals surface area contributed by atoms with E-state index in [4.69, 9.17) is 14.2 Å². The second-order valence-electron chi connectivity index (χ2n) is 5.61. The molecule has 0 heterocycles. The fraction of sp³-hybridized carbons (Fsp3) is 0.316. The molecule has 2 N–H and O–H groups in total. The van der Waals surface area contributed by atoms with Crippen molar-refractivity contribution in [2.75, 3.05) is 33.2 Å². The predicted molar refractivity (Wildman–Crippen MR) is 105 cm³/mol. The van der Waals surface area contributed by atoms with Crippen molar-refractivity contribution >= 4 is 27.5 Å². The van der Waals surface area contributed by atoms with E-state index < -0.39 is 0 Å². The van der Waals surface area contributed by atoms with Gasteiger partial charge in [-0.2, -0.15) is 0 Å². The smallest absolute Gasteiger partial charge is 0.238 e. The maximum atomic E-state index is 12.3. The van der Waals surface area contributed by atoms with Gasteiger partial charge in [0.15, 0.2) is 0 Å². The highest BCUT2D eigenvalue weighted by Gasteiger charge is 2.12. The summed E-state index contributed by atoms with van der Waals surface area (Å²) >= 11 is 3.47. The van der Waals surface area contributed by atoms with E-state index in [2.05, 4.69) is 26.6 Å². The Kier molecular flexibility index (Phi) is 7.29. The third kappa shape index (κ3) is 5.12. The van der Waals surface area contributed by atoms with Crippen molar-refractivity contribution in [1.29, 1.82) is 0 Å². The number of halogens is 1. The van der Waals surface area contributed by atoms with Gasteiger partial charge in [-0.05, 0) is 52.7 Å². The van der Waals surface area contributed by atoms with E-state index in [0.29, 0.717) is 17.2 Å².